The minimum Gasteiger partial charge on any atom is -0.393 e. The number of hydrogen-bond donors (Lipinski definition) is 2. The Morgan fingerprint density at radius 1 is 1.35 bits per heavy atom. The van der Waals surface area contributed by atoms with Crippen LogP contribution < -0.4 is 0 Å². The van der Waals surface area contributed by atoms with Gasteiger partial charge in [0, 0.05) is 0 Å². The summed E-state index contributed by atoms with van der Waals surface area (Å²) in [7, 11) is -3.89. The van der Waals surface area contributed by atoms with E-state index in [-0.39, 0.29) is 6.42 Å². The molecule has 1 aliphatic rings. The van der Waals surface area contributed by atoms with E-state index in [9.17, 15) is 18.6 Å². The van der Waals surface area contributed by atoms with Crippen LogP contribution >= 0.6 is 0 Å². The summed E-state index contributed by atoms with van der Waals surface area (Å²) in [5.74, 6) is 0.367. The number of aliphatic hydroxyl groups is 2. The van der Waals surface area contributed by atoms with Gasteiger partial charge in [-0.25, -0.2) is 8.37 Å². The smallest absolute Gasteiger partial charge is 0.393 e. The van der Waals surface area contributed by atoms with Crippen LogP contribution in [-0.4, -0.2) is 36.6 Å². The van der Waals surface area contributed by atoms with Crippen LogP contribution in [0.3, 0.4) is 0 Å². The van der Waals surface area contributed by atoms with Gasteiger partial charge in [-0.3, -0.25) is 0 Å². The minimum absolute atomic E-state index is 0.209. The van der Waals surface area contributed by atoms with Crippen LogP contribution in [-0.2, 0) is 18.8 Å². The number of aliphatic hydroxyl groups excluding tert-OH is 1. The molecule has 2 atom stereocenters. The van der Waals surface area contributed by atoms with Crippen LogP contribution in [0.15, 0.2) is 0 Å². The molecule has 0 unspecified atom stereocenters. The van der Waals surface area contributed by atoms with Gasteiger partial charge in [-0.15, -0.1) is 0 Å². The largest absolute Gasteiger partial charge is 0.405 e. The maximum Gasteiger partial charge on any atom is 0.405 e. The second kappa shape index (κ2) is 5.19. The molecule has 1 saturated heterocycles. The molecule has 0 radical (unpaired) electrons. The minimum atomic E-state index is -3.89. The molecule has 0 bridgehead atoms. The van der Waals surface area contributed by atoms with Gasteiger partial charge in [0.2, 0.25) is 6.29 Å². The van der Waals surface area contributed by atoms with Gasteiger partial charge in [0.25, 0.3) is 0 Å². The van der Waals surface area contributed by atoms with Gasteiger partial charge in [0.1, 0.15) is 5.60 Å². The topological polar surface area (TPSA) is 93.1 Å². The van der Waals surface area contributed by atoms with Gasteiger partial charge in [-0.05, 0) is 32.1 Å². The molecule has 1 heterocycles. The molecule has 1 aliphatic heterocycles. The fraction of sp³-hybridized carbons (Fsp3) is 1.00. The Hall–Kier alpha value is -0.210. The third-order valence-corrected chi connectivity index (χ3v) is 3.47. The van der Waals surface area contributed by atoms with Gasteiger partial charge >= 0.3 is 10.4 Å². The fourth-order valence-electron chi connectivity index (χ4n) is 1.67. The Kier molecular flexibility index (Phi) is 4.54. The first-order chi connectivity index (χ1) is 7.62. The third kappa shape index (κ3) is 4.51. The van der Waals surface area contributed by atoms with Crippen molar-refractivity contribution in [3.8, 4) is 0 Å². The van der Waals surface area contributed by atoms with E-state index in [0.29, 0.717) is 18.8 Å². The van der Waals surface area contributed by atoms with E-state index in [1.807, 2.05) is 13.8 Å². The molecule has 1 rings (SSSR count). The van der Waals surface area contributed by atoms with Crippen molar-refractivity contribution in [1.82, 2.24) is 0 Å². The zero-order chi connectivity index (χ0) is 13.3. The lowest BCUT2D eigenvalue weighted by Crippen LogP contribution is -2.52. The van der Waals surface area contributed by atoms with Gasteiger partial charge in [0.05, 0.1) is 6.10 Å². The second-order valence-corrected chi connectivity index (χ2v) is 6.31. The summed E-state index contributed by atoms with van der Waals surface area (Å²) in [6.07, 6.45) is -0.465. The molecule has 0 aromatic carbocycles. The molecule has 102 valence electrons. The van der Waals surface area contributed by atoms with Crippen LogP contribution in [0.4, 0.5) is 0 Å². The summed E-state index contributed by atoms with van der Waals surface area (Å²) in [6.45, 7) is 5.41. The summed E-state index contributed by atoms with van der Waals surface area (Å²) in [4.78, 5) is 0. The molecule has 7 heteroatoms. The van der Waals surface area contributed by atoms with Gasteiger partial charge < -0.3 is 10.2 Å². The third-order valence-electron chi connectivity index (χ3n) is 2.65. The quantitative estimate of drug-likeness (QED) is 0.730. The Bertz CT molecular complexity index is 336. The summed E-state index contributed by atoms with van der Waals surface area (Å²) in [5, 5.41) is 19.6. The van der Waals surface area contributed by atoms with E-state index >= 15 is 0 Å². The zero-order valence-corrected chi connectivity index (χ0v) is 11.1. The molecule has 0 aromatic rings. The molecule has 0 spiro atoms. The van der Waals surface area contributed by atoms with E-state index in [4.69, 9.17) is 0 Å². The Balaban J connectivity index is 2.35. The molecular formula is C10H20O6S. The Morgan fingerprint density at radius 2 is 1.88 bits per heavy atom. The highest BCUT2D eigenvalue weighted by Gasteiger charge is 2.48. The highest BCUT2D eigenvalue weighted by molar-refractivity contribution is 7.82. The first kappa shape index (κ1) is 14.8. The lowest BCUT2D eigenvalue weighted by molar-refractivity contribution is -0.198. The molecule has 0 saturated carbocycles. The fourth-order valence-corrected chi connectivity index (χ4v) is 2.52. The monoisotopic (exact) mass is 268 g/mol. The SMILES string of the molecule is CC(C)C[C@@H](O)CC[C@](C)(O)C1OS(=O)(=O)O1. The average Bonchev–Trinajstić information content (AvgIpc) is 2.10. The lowest BCUT2D eigenvalue weighted by Gasteiger charge is -2.36. The first-order valence-corrected chi connectivity index (χ1v) is 6.97. The van der Waals surface area contributed by atoms with E-state index in [1.165, 1.54) is 6.92 Å². The van der Waals surface area contributed by atoms with Crippen LogP contribution in [0.2, 0.25) is 0 Å². The summed E-state index contributed by atoms with van der Waals surface area (Å²) >= 11 is 0. The summed E-state index contributed by atoms with van der Waals surface area (Å²) in [6, 6.07) is 0. The standard InChI is InChI=1S/C10H20O6S/c1-7(2)6-8(11)4-5-10(3,12)9-15-17(13,14)16-9/h7-9,11-12H,4-6H2,1-3H3/t8-,10-/m0/s1. The molecule has 0 aromatic heterocycles. The maximum atomic E-state index is 10.6. The highest BCUT2D eigenvalue weighted by Crippen LogP contribution is 2.31. The average molecular weight is 268 g/mol. The van der Waals surface area contributed by atoms with E-state index in [2.05, 4.69) is 8.37 Å². The zero-order valence-electron chi connectivity index (χ0n) is 10.3. The molecule has 17 heavy (non-hydrogen) atoms. The molecule has 6 nitrogen and oxygen atoms in total. The van der Waals surface area contributed by atoms with E-state index in [1.54, 1.807) is 0 Å². The Labute approximate surface area is 102 Å². The molecular weight excluding hydrogens is 248 g/mol. The lowest BCUT2D eigenvalue weighted by atomic mass is 9.94. The predicted octanol–water partition coefficient (Wildman–Crippen LogP) is 0.542. The van der Waals surface area contributed by atoms with Crippen LogP contribution in [0.1, 0.15) is 40.0 Å². The Morgan fingerprint density at radius 3 is 2.29 bits per heavy atom. The van der Waals surface area contributed by atoms with E-state index < -0.39 is 28.4 Å². The van der Waals surface area contributed by atoms with Gasteiger partial charge in [-0.1, -0.05) is 13.8 Å². The van der Waals surface area contributed by atoms with Crippen molar-refractivity contribution < 1.29 is 27.0 Å². The van der Waals surface area contributed by atoms with Crippen LogP contribution in [0, 0.1) is 5.92 Å². The summed E-state index contributed by atoms with van der Waals surface area (Å²) < 4.78 is 30.1. The highest BCUT2D eigenvalue weighted by atomic mass is 32.3. The summed E-state index contributed by atoms with van der Waals surface area (Å²) in [5.41, 5.74) is -1.41. The molecule has 0 aliphatic carbocycles. The van der Waals surface area contributed by atoms with Gasteiger partial charge in [0.15, 0.2) is 0 Å². The van der Waals surface area contributed by atoms with Crippen molar-refractivity contribution >= 4 is 10.4 Å². The van der Waals surface area contributed by atoms with Crippen molar-refractivity contribution in [2.24, 2.45) is 5.92 Å². The second-order valence-electron chi connectivity index (χ2n) is 5.11. The van der Waals surface area contributed by atoms with Crippen molar-refractivity contribution in [1.29, 1.82) is 0 Å². The van der Waals surface area contributed by atoms with Crippen molar-refractivity contribution in [3.05, 3.63) is 0 Å². The van der Waals surface area contributed by atoms with Crippen LogP contribution in [0.25, 0.3) is 0 Å². The number of rotatable bonds is 6. The molecule has 0 amide bonds. The molecule has 1 fully saturated rings. The van der Waals surface area contributed by atoms with Crippen molar-refractivity contribution in [2.45, 2.75) is 58.0 Å². The predicted molar refractivity (Wildman–Crippen MR) is 60.2 cm³/mol. The maximum absolute atomic E-state index is 10.6. The van der Waals surface area contributed by atoms with Crippen LogP contribution in [0.5, 0.6) is 0 Å². The molecule has 2 N–H and O–H groups in total. The number of hydrogen-bond acceptors (Lipinski definition) is 6. The first-order valence-electron chi connectivity index (χ1n) is 5.64. The van der Waals surface area contributed by atoms with Crippen molar-refractivity contribution in [3.63, 3.8) is 0 Å². The normalized spacial score (nSPS) is 25.3. The van der Waals surface area contributed by atoms with E-state index in [0.717, 1.165) is 0 Å². The van der Waals surface area contributed by atoms with Gasteiger partial charge in [-0.2, -0.15) is 8.42 Å². The van der Waals surface area contributed by atoms with Crippen molar-refractivity contribution in [2.75, 3.05) is 0 Å².